The predicted molar refractivity (Wildman–Crippen MR) is 140 cm³/mol. The van der Waals surface area contributed by atoms with Crippen molar-refractivity contribution in [3.63, 3.8) is 0 Å². The molecule has 2 aromatic rings. The molecule has 10 nitrogen and oxygen atoms in total. The fraction of sp³-hybridized carbons (Fsp3) is 0.464. The number of halogens is 1. The predicted octanol–water partition coefficient (Wildman–Crippen LogP) is 3.57. The van der Waals surface area contributed by atoms with Gasteiger partial charge in [-0.3, -0.25) is 14.4 Å². The molecule has 5 atom stereocenters. The molecule has 0 aliphatic carbocycles. The van der Waals surface area contributed by atoms with E-state index in [2.05, 4.69) is 0 Å². The molecule has 1 heterocycles. The minimum absolute atomic E-state index is 0.318. The monoisotopic (exact) mass is 564 g/mol. The molecule has 0 amide bonds. The lowest BCUT2D eigenvalue weighted by Crippen LogP contribution is -2.58. The zero-order chi connectivity index (χ0) is 28.7. The first kappa shape index (κ1) is 30.2. The second-order valence-corrected chi connectivity index (χ2v) is 9.36. The van der Waals surface area contributed by atoms with Crippen LogP contribution in [0.5, 0.6) is 11.5 Å². The minimum atomic E-state index is -1.45. The van der Waals surface area contributed by atoms with Crippen molar-refractivity contribution < 1.29 is 47.9 Å². The molecule has 2 aromatic carbocycles. The number of esters is 3. The Hall–Kier alpha value is -3.34. The van der Waals surface area contributed by atoms with E-state index in [4.69, 9.17) is 40.0 Å². The van der Waals surface area contributed by atoms with Crippen LogP contribution in [0.25, 0.3) is 0 Å². The fourth-order valence-electron chi connectivity index (χ4n) is 4.39. The number of aliphatic hydroxyl groups excluding tert-OH is 1. The highest BCUT2D eigenvalue weighted by Gasteiger charge is 2.50. The van der Waals surface area contributed by atoms with Crippen LogP contribution in [0.3, 0.4) is 0 Å². The first-order valence-electron chi connectivity index (χ1n) is 12.4. The Balaban J connectivity index is 2.06. The number of ether oxygens (including phenoxy) is 6. The first-order chi connectivity index (χ1) is 18.5. The van der Waals surface area contributed by atoms with Gasteiger partial charge in [-0.1, -0.05) is 29.8 Å². The molecule has 3 rings (SSSR count). The lowest BCUT2D eigenvalue weighted by Gasteiger charge is -2.43. The maximum atomic E-state index is 12.1. The summed E-state index contributed by atoms with van der Waals surface area (Å²) in [5, 5.41) is 11.3. The smallest absolute Gasteiger partial charge is 0.303 e. The lowest BCUT2D eigenvalue weighted by atomic mass is 9.89. The number of carbonyl (C=O) groups excluding carboxylic acids is 3. The zero-order valence-corrected chi connectivity index (χ0v) is 23.2. The summed E-state index contributed by atoms with van der Waals surface area (Å²) in [6.07, 6.45) is -5.68. The molecule has 0 saturated carbocycles. The number of methoxy groups -OCH3 is 1. The minimum Gasteiger partial charge on any atom is -0.495 e. The molecule has 1 aliphatic heterocycles. The first-order valence-corrected chi connectivity index (χ1v) is 12.8. The number of hydrogen-bond donors (Lipinski definition) is 1. The molecule has 11 heteroatoms. The van der Waals surface area contributed by atoms with Crippen LogP contribution in [-0.4, -0.2) is 67.8 Å². The van der Waals surface area contributed by atoms with E-state index < -0.39 is 48.4 Å². The lowest BCUT2D eigenvalue weighted by molar-refractivity contribution is -0.249. The van der Waals surface area contributed by atoms with Crippen molar-refractivity contribution in [2.24, 2.45) is 0 Å². The highest BCUT2D eigenvalue weighted by Crippen LogP contribution is 2.40. The number of benzene rings is 2. The highest BCUT2D eigenvalue weighted by atomic mass is 35.5. The Morgan fingerprint density at radius 2 is 1.62 bits per heavy atom. The summed E-state index contributed by atoms with van der Waals surface area (Å²) in [4.78, 5) is 35.4. The number of aliphatic hydroxyl groups is 1. The number of carbonyl (C=O) groups is 3. The van der Waals surface area contributed by atoms with Gasteiger partial charge >= 0.3 is 17.9 Å². The van der Waals surface area contributed by atoms with Gasteiger partial charge in [-0.2, -0.15) is 0 Å². The normalized spacial score (nSPS) is 22.5. The van der Waals surface area contributed by atoms with Crippen LogP contribution in [0.4, 0.5) is 0 Å². The van der Waals surface area contributed by atoms with E-state index in [0.717, 1.165) is 11.3 Å². The van der Waals surface area contributed by atoms with Crippen LogP contribution in [0, 0.1) is 0 Å². The van der Waals surface area contributed by atoms with Gasteiger partial charge in [-0.15, -0.1) is 0 Å². The summed E-state index contributed by atoms with van der Waals surface area (Å²) in [5.41, 5.74) is 2.12. The number of hydrogen-bond acceptors (Lipinski definition) is 10. The third-order valence-corrected chi connectivity index (χ3v) is 6.46. The van der Waals surface area contributed by atoms with Crippen molar-refractivity contribution in [2.75, 3.05) is 20.3 Å². The van der Waals surface area contributed by atoms with Gasteiger partial charge in [0.15, 0.2) is 12.2 Å². The summed E-state index contributed by atoms with van der Waals surface area (Å²) < 4.78 is 33.1. The quantitative estimate of drug-likeness (QED) is 0.338. The molecule has 1 N–H and O–H groups in total. The van der Waals surface area contributed by atoms with Crippen molar-refractivity contribution in [1.82, 2.24) is 0 Å². The highest BCUT2D eigenvalue weighted by molar-refractivity contribution is 6.32. The largest absolute Gasteiger partial charge is 0.495 e. The average molecular weight is 565 g/mol. The van der Waals surface area contributed by atoms with Gasteiger partial charge in [0, 0.05) is 20.8 Å². The van der Waals surface area contributed by atoms with Gasteiger partial charge in [0.2, 0.25) is 0 Å². The number of rotatable bonds is 10. The summed E-state index contributed by atoms with van der Waals surface area (Å²) >= 11 is 6.66. The standard InChI is InChI=1S/C28H33ClO10/c1-6-35-21-9-7-18(8-10-21)11-19-12-20(13-22(34-5)24(19)29)26-28(38-17(4)32)27(37-16(3)31)25(33)23(39-26)14-36-15(2)30/h7-10,12-13,23,25-28,33H,6,11,14H2,1-5H3/t23-,25-,26+,27+,28+/m1/s1. The van der Waals surface area contributed by atoms with Crippen LogP contribution in [0.15, 0.2) is 36.4 Å². The molecule has 1 saturated heterocycles. The zero-order valence-electron chi connectivity index (χ0n) is 22.5. The summed E-state index contributed by atoms with van der Waals surface area (Å²) in [7, 11) is 1.46. The van der Waals surface area contributed by atoms with E-state index in [1.807, 2.05) is 31.2 Å². The Labute approximate surface area is 232 Å². The van der Waals surface area contributed by atoms with E-state index in [0.29, 0.717) is 34.9 Å². The summed E-state index contributed by atoms with van der Waals surface area (Å²) in [6, 6.07) is 11.0. The van der Waals surface area contributed by atoms with E-state index >= 15 is 0 Å². The molecule has 1 aliphatic rings. The van der Waals surface area contributed by atoms with E-state index in [-0.39, 0.29) is 6.61 Å². The van der Waals surface area contributed by atoms with Crippen LogP contribution in [0.1, 0.15) is 50.5 Å². The summed E-state index contributed by atoms with van der Waals surface area (Å²) in [5.74, 6) is -0.876. The Morgan fingerprint density at radius 1 is 0.974 bits per heavy atom. The molecule has 0 unspecified atom stereocenters. The fourth-order valence-corrected chi connectivity index (χ4v) is 4.64. The maximum Gasteiger partial charge on any atom is 0.303 e. The third kappa shape index (κ3) is 7.84. The Bertz CT molecular complexity index is 1170. The molecule has 0 spiro atoms. The molecule has 1 fully saturated rings. The second-order valence-electron chi connectivity index (χ2n) is 8.99. The van der Waals surface area contributed by atoms with Crippen molar-refractivity contribution >= 4 is 29.5 Å². The van der Waals surface area contributed by atoms with Gasteiger partial charge < -0.3 is 33.5 Å². The van der Waals surface area contributed by atoms with E-state index in [9.17, 15) is 19.5 Å². The van der Waals surface area contributed by atoms with Gasteiger partial charge in [0.1, 0.15) is 36.4 Å². The molecule has 39 heavy (non-hydrogen) atoms. The van der Waals surface area contributed by atoms with Crippen LogP contribution >= 0.6 is 11.6 Å². The second kappa shape index (κ2) is 13.6. The Morgan fingerprint density at radius 3 is 2.18 bits per heavy atom. The molecule has 0 bridgehead atoms. The van der Waals surface area contributed by atoms with Gasteiger partial charge in [-0.25, -0.2) is 0 Å². The van der Waals surface area contributed by atoms with E-state index in [1.54, 1.807) is 12.1 Å². The summed E-state index contributed by atoms with van der Waals surface area (Å²) in [6.45, 7) is 5.72. The van der Waals surface area contributed by atoms with Gasteiger partial charge in [0.05, 0.1) is 18.7 Å². The van der Waals surface area contributed by atoms with Crippen molar-refractivity contribution in [2.45, 2.75) is 64.6 Å². The van der Waals surface area contributed by atoms with Gasteiger partial charge in [0.25, 0.3) is 0 Å². The van der Waals surface area contributed by atoms with Crippen LogP contribution < -0.4 is 9.47 Å². The molecular formula is C28H33ClO10. The molecule has 0 radical (unpaired) electrons. The van der Waals surface area contributed by atoms with Gasteiger partial charge in [-0.05, 0) is 48.2 Å². The average Bonchev–Trinajstić information content (AvgIpc) is 2.87. The van der Waals surface area contributed by atoms with Crippen molar-refractivity contribution in [3.8, 4) is 11.5 Å². The molecule has 0 aromatic heterocycles. The van der Waals surface area contributed by atoms with Crippen molar-refractivity contribution in [1.29, 1.82) is 0 Å². The SMILES string of the molecule is CCOc1ccc(Cc2cc([C@@H]3O[C@H](COC(C)=O)[C@@H](O)[C@H](OC(C)=O)[C@H]3OC(C)=O)cc(OC)c2Cl)cc1. The third-order valence-electron chi connectivity index (χ3n) is 6.03. The van der Waals surface area contributed by atoms with Crippen LogP contribution in [-0.2, 0) is 39.8 Å². The maximum absolute atomic E-state index is 12.1. The van der Waals surface area contributed by atoms with Crippen molar-refractivity contribution in [3.05, 3.63) is 58.1 Å². The molecule has 212 valence electrons. The Kier molecular flexibility index (Phi) is 10.6. The van der Waals surface area contributed by atoms with E-state index in [1.165, 1.54) is 27.9 Å². The van der Waals surface area contributed by atoms with Crippen LogP contribution in [0.2, 0.25) is 5.02 Å². The topological polar surface area (TPSA) is 127 Å². The molecular weight excluding hydrogens is 532 g/mol.